The molecule has 0 aliphatic heterocycles. The molecule has 2 bridgehead atoms. The van der Waals surface area contributed by atoms with Crippen LogP contribution >= 0.6 is 0 Å². The third-order valence-corrected chi connectivity index (χ3v) is 5.69. The zero-order valence-corrected chi connectivity index (χ0v) is 15.3. The van der Waals surface area contributed by atoms with Crippen LogP contribution in [0.2, 0.25) is 0 Å². The Hall–Kier alpha value is -2.04. The zero-order chi connectivity index (χ0) is 17.8. The molecule has 0 spiro atoms. The standard InChI is InChI=1S/C20H29N3O2/c1-23(2)19(24)17-5-3-4-14(10-17)8-9-21-20(25)22-13-18-12-15-6-7-16(18)11-15/h3-5,10,15-16,18H,6-9,11-13H2,1-2H3,(H2,21,22,25)/t15-,16-,18+/m0/s1. The fourth-order valence-corrected chi connectivity index (χ4v) is 4.35. The quantitative estimate of drug-likeness (QED) is 0.834. The van der Waals surface area contributed by atoms with Crippen LogP contribution in [-0.4, -0.2) is 44.0 Å². The average molecular weight is 343 g/mol. The number of fused-ring (bicyclic) bond motifs is 2. The summed E-state index contributed by atoms with van der Waals surface area (Å²) < 4.78 is 0. The average Bonchev–Trinajstić information content (AvgIpc) is 3.22. The predicted octanol–water partition coefficient (Wildman–Crippen LogP) is 2.67. The Balaban J connectivity index is 1.38. The Labute approximate surface area is 150 Å². The smallest absolute Gasteiger partial charge is 0.314 e. The first-order chi connectivity index (χ1) is 12.0. The van der Waals surface area contributed by atoms with Crippen LogP contribution in [0.5, 0.6) is 0 Å². The van der Waals surface area contributed by atoms with Gasteiger partial charge in [0.1, 0.15) is 0 Å². The van der Waals surface area contributed by atoms with Gasteiger partial charge in [-0.2, -0.15) is 0 Å². The molecule has 0 heterocycles. The molecule has 2 saturated carbocycles. The number of nitrogens with one attached hydrogen (secondary N) is 2. The summed E-state index contributed by atoms with van der Waals surface area (Å²) in [6, 6.07) is 7.52. The van der Waals surface area contributed by atoms with Crippen molar-refractivity contribution in [1.82, 2.24) is 15.5 Å². The SMILES string of the molecule is CN(C)C(=O)c1cccc(CCNC(=O)NC[C@H]2C[C@H]3CC[C@H]2C3)c1. The molecule has 0 saturated heterocycles. The zero-order valence-electron chi connectivity index (χ0n) is 15.3. The van der Waals surface area contributed by atoms with Gasteiger partial charge in [-0.25, -0.2) is 4.79 Å². The number of hydrogen-bond donors (Lipinski definition) is 2. The molecule has 0 radical (unpaired) electrons. The number of carbonyl (C=O) groups is 2. The van der Waals surface area contributed by atoms with Crippen molar-refractivity contribution in [2.45, 2.75) is 32.1 Å². The lowest BCUT2D eigenvalue weighted by molar-refractivity contribution is 0.0827. The molecule has 3 amide bonds. The van der Waals surface area contributed by atoms with Crippen molar-refractivity contribution in [2.75, 3.05) is 27.2 Å². The number of hydrogen-bond acceptors (Lipinski definition) is 2. The Bertz CT molecular complexity index is 629. The van der Waals surface area contributed by atoms with Crippen molar-refractivity contribution in [3.05, 3.63) is 35.4 Å². The summed E-state index contributed by atoms with van der Waals surface area (Å²) in [5.74, 6) is 2.43. The molecule has 2 fully saturated rings. The molecule has 25 heavy (non-hydrogen) atoms. The normalized spacial score (nSPS) is 24.2. The highest BCUT2D eigenvalue weighted by molar-refractivity contribution is 5.94. The minimum atomic E-state index is -0.0803. The second-order valence-corrected chi connectivity index (χ2v) is 7.72. The number of amides is 3. The summed E-state index contributed by atoms with van der Waals surface area (Å²) in [4.78, 5) is 25.5. The van der Waals surface area contributed by atoms with Crippen LogP contribution in [0.15, 0.2) is 24.3 Å². The molecule has 5 heteroatoms. The highest BCUT2D eigenvalue weighted by Gasteiger charge is 2.39. The van der Waals surface area contributed by atoms with Crippen LogP contribution in [0.4, 0.5) is 4.79 Å². The number of carbonyl (C=O) groups excluding carboxylic acids is 2. The predicted molar refractivity (Wildman–Crippen MR) is 98.5 cm³/mol. The summed E-state index contributed by atoms with van der Waals surface area (Å²) in [6.07, 6.45) is 6.12. The first-order valence-electron chi connectivity index (χ1n) is 9.35. The molecule has 5 nitrogen and oxygen atoms in total. The van der Waals surface area contributed by atoms with Gasteiger partial charge in [-0.3, -0.25) is 4.79 Å². The van der Waals surface area contributed by atoms with E-state index in [-0.39, 0.29) is 11.9 Å². The van der Waals surface area contributed by atoms with E-state index in [1.54, 1.807) is 19.0 Å². The van der Waals surface area contributed by atoms with Gasteiger partial charge in [-0.1, -0.05) is 18.6 Å². The van der Waals surface area contributed by atoms with Gasteiger partial charge in [-0.05, 0) is 61.1 Å². The van der Waals surface area contributed by atoms with E-state index in [1.807, 2.05) is 24.3 Å². The van der Waals surface area contributed by atoms with Crippen LogP contribution in [0.1, 0.15) is 41.6 Å². The summed E-state index contributed by atoms with van der Waals surface area (Å²) in [5.41, 5.74) is 1.74. The van der Waals surface area contributed by atoms with Gasteiger partial charge < -0.3 is 15.5 Å². The maximum Gasteiger partial charge on any atom is 0.314 e. The fourth-order valence-electron chi connectivity index (χ4n) is 4.35. The molecule has 2 aliphatic carbocycles. The van der Waals surface area contributed by atoms with Gasteiger partial charge in [0.05, 0.1) is 0 Å². The van der Waals surface area contributed by atoms with Crippen LogP contribution in [0.25, 0.3) is 0 Å². The lowest BCUT2D eigenvalue weighted by Crippen LogP contribution is -2.40. The van der Waals surface area contributed by atoms with Crippen molar-refractivity contribution in [2.24, 2.45) is 17.8 Å². The van der Waals surface area contributed by atoms with Gasteiger partial charge in [-0.15, -0.1) is 0 Å². The topological polar surface area (TPSA) is 61.4 Å². The van der Waals surface area contributed by atoms with Crippen LogP contribution < -0.4 is 10.6 Å². The summed E-state index contributed by atoms with van der Waals surface area (Å²) in [5, 5.41) is 5.95. The Morgan fingerprint density at radius 1 is 1.16 bits per heavy atom. The van der Waals surface area contributed by atoms with Gasteiger partial charge >= 0.3 is 6.03 Å². The fraction of sp³-hybridized carbons (Fsp3) is 0.600. The van der Waals surface area contributed by atoms with E-state index in [9.17, 15) is 9.59 Å². The van der Waals surface area contributed by atoms with E-state index in [4.69, 9.17) is 0 Å². The van der Waals surface area contributed by atoms with Crippen molar-refractivity contribution in [3.8, 4) is 0 Å². The van der Waals surface area contributed by atoms with Crippen LogP contribution in [0, 0.1) is 17.8 Å². The first-order valence-corrected chi connectivity index (χ1v) is 9.35. The second kappa shape index (κ2) is 7.89. The maximum absolute atomic E-state index is 12.0. The number of urea groups is 1. The molecule has 1 aromatic rings. The van der Waals surface area contributed by atoms with E-state index < -0.39 is 0 Å². The summed E-state index contributed by atoms with van der Waals surface area (Å²) in [7, 11) is 3.49. The molecular weight excluding hydrogens is 314 g/mol. The van der Waals surface area contributed by atoms with Crippen LogP contribution in [-0.2, 0) is 6.42 Å². The Morgan fingerprint density at radius 2 is 2.00 bits per heavy atom. The maximum atomic E-state index is 12.0. The van der Waals surface area contributed by atoms with E-state index in [0.29, 0.717) is 18.0 Å². The number of nitrogens with zero attached hydrogens (tertiary/aromatic N) is 1. The highest BCUT2D eigenvalue weighted by atomic mass is 16.2. The molecule has 136 valence electrons. The van der Waals surface area contributed by atoms with Crippen molar-refractivity contribution < 1.29 is 9.59 Å². The number of benzene rings is 1. The van der Waals surface area contributed by atoms with Gasteiger partial charge in [0.2, 0.25) is 0 Å². The summed E-state index contributed by atoms with van der Waals surface area (Å²) in [6.45, 7) is 1.38. The van der Waals surface area contributed by atoms with Crippen molar-refractivity contribution >= 4 is 11.9 Å². The molecule has 0 unspecified atom stereocenters. The molecule has 3 atom stereocenters. The Morgan fingerprint density at radius 3 is 2.68 bits per heavy atom. The lowest BCUT2D eigenvalue weighted by atomic mass is 9.89. The molecule has 1 aromatic carbocycles. The van der Waals surface area contributed by atoms with Gasteiger partial charge in [0.15, 0.2) is 0 Å². The van der Waals surface area contributed by atoms with Crippen molar-refractivity contribution in [1.29, 1.82) is 0 Å². The molecular formula is C20H29N3O2. The minimum absolute atomic E-state index is 0.00147. The largest absolute Gasteiger partial charge is 0.345 e. The molecule has 2 N–H and O–H groups in total. The van der Waals surface area contributed by atoms with E-state index in [0.717, 1.165) is 30.4 Å². The second-order valence-electron chi connectivity index (χ2n) is 7.72. The van der Waals surface area contributed by atoms with Crippen LogP contribution in [0.3, 0.4) is 0 Å². The monoisotopic (exact) mass is 343 g/mol. The molecule has 2 aliphatic rings. The van der Waals surface area contributed by atoms with Gasteiger partial charge in [0, 0.05) is 32.7 Å². The van der Waals surface area contributed by atoms with E-state index in [2.05, 4.69) is 10.6 Å². The molecule has 0 aromatic heterocycles. The summed E-state index contributed by atoms with van der Waals surface area (Å²) >= 11 is 0. The third kappa shape index (κ3) is 4.53. The Kier molecular flexibility index (Phi) is 5.61. The highest BCUT2D eigenvalue weighted by Crippen LogP contribution is 2.47. The van der Waals surface area contributed by atoms with Crippen molar-refractivity contribution in [3.63, 3.8) is 0 Å². The van der Waals surface area contributed by atoms with Gasteiger partial charge in [0.25, 0.3) is 5.91 Å². The minimum Gasteiger partial charge on any atom is -0.345 e. The molecule has 3 rings (SSSR count). The lowest BCUT2D eigenvalue weighted by Gasteiger charge is -2.21. The van der Waals surface area contributed by atoms with E-state index >= 15 is 0 Å². The van der Waals surface area contributed by atoms with E-state index in [1.165, 1.54) is 25.7 Å². The number of rotatable bonds is 6. The third-order valence-electron chi connectivity index (χ3n) is 5.69. The first kappa shape index (κ1) is 17.8.